The number of amides is 1. The van der Waals surface area contributed by atoms with Crippen molar-refractivity contribution in [3.8, 4) is 11.4 Å². The van der Waals surface area contributed by atoms with Crippen LogP contribution in [0.15, 0.2) is 60.9 Å². The number of carbonyl (C=O) groups excluding carboxylic acids is 1. The van der Waals surface area contributed by atoms with Crippen LogP contribution >= 0.6 is 0 Å². The summed E-state index contributed by atoms with van der Waals surface area (Å²) in [5, 5.41) is 3.60. The van der Waals surface area contributed by atoms with Crippen LogP contribution < -0.4 is 5.32 Å². The number of aryl methyl sites for hydroxylation is 1. The first-order chi connectivity index (χ1) is 14.6. The van der Waals surface area contributed by atoms with Crippen LogP contribution in [0.5, 0.6) is 0 Å². The summed E-state index contributed by atoms with van der Waals surface area (Å²) in [5.74, 6) is 0.0649. The maximum atomic E-state index is 14.7. The second kappa shape index (κ2) is 7.52. The lowest BCUT2D eigenvalue weighted by atomic mass is 10.0. The number of nitrogens with zero attached hydrogens (tertiary/aromatic N) is 3. The number of benzene rings is 2. The molecule has 2 fully saturated rings. The lowest BCUT2D eigenvalue weighted by Crippen LogP contribution is -2.47. The fraction of sp³-hybridized carbons (Fsp3) is 0.292. The Kier molecular flexibility index (Phi) is 4.69. The molecule has 2 aromatic carbocycles. The van der Waals surface area contributed by atoms with Crippen molar-refractivity contribution in [3.05, 3.63) is 77.9 Å². The largest absolute Gasteiger partial charge is 0.380 e. The molecule has 1 N–H and O–H groups in total. The molecule has 1 aromatic heterocycles. The van der Waals surface area contributed by atoms with Crippen LogP contribution in [0.2, 0.25) is 0 Å². The molecule has 152 valence electrons. The zero-order valence-electron chi connectivity index (χ0n) is 16.8. The van der Waals surface area contributed by atoms with Crippen molar-refractivity contribution < 1.29 is 9.18 Å². The van der Waals surface area contributed by atoms with Crippen molar-refractivity contribution in [1.29, 1.82) is 0 Å². The smallest absolute Gasteiger partial charge is 0.255 e. The van der Waals surface area contributed by atoms with E-state index >= 15 is 0 Å². The van der Waals surface area contributed by atoms with Gasteiger partial charge in [0.1, 0.15) is 5.82 Å². The van der Waals surface area contributed by atoms with Gasteiger partial charge >= 0.3 is 0 Å². The summed E-state index contributed by atoms with van der Waals surface area (Å²) in [4.78, 5) is 23.7. The molecule has 2 aliphatic rings. The molecule has 6 heteroatoms. The molecule has 2 heterocycles. The van der Waals surface area contributed by atoms with Crippen molar-refractivity contribution in [1.82, 2.24) is 14.9 Å². The Morgan fingerprint density at radius 2 is 1.83 bits per heavy atom. The number of anilines is 1. The molecule has 2 bridgehead atoms. The second-order valence-electron chi connectivity index (χ2n) is 8.21. The summed E-state index contributed by atoms with van der Waals surface area (Å²) in [5.41, 5.74) is 2.78. The molecule has 5 rings (SSSR count). The predicted octanol–water partition coefficient (Wildman–Crippen LogP) is 4.31. The van der Waals surface area contributed by atoms with Crippen LogP contribution in [0.3, 0.4) is 0 Å². The molecule has 1 amide bonds. The lowest BCUT2D eigenvalue weighted by molar-refractivity contribution is 0.0692. The van der Waals surface area contributed by atoms with Gasteiger partial charge in [-0.1, -0.05) is 23.8 Å². The van der Waals surface area contributed by atoms with Gasteiger partial charge in [0.25, 0.3) is 5.91 Å². The van der Waals surface area contributed by atoms with Gasteiger partial charge in [-0.3, -0.25) is 4.79 Å². The van der Waals surface area contributed by atoms with E-state index in [-0.39, 0.29) is 29.4 Å². The van der Waals surface area contributed by atoms with Crippen molar-refractivity contribution in [2.45, 2.75) is 31.8 Å². The van der Waals surface area contributed by atoms with Crippen LogP contribution in [-0.4, -0.2) is 39.4 Å². The molecule has 2 unspecified atom stereocenters. The number of likely N-dealkylation sites (tertiary alicyclic amines) is 1. The van der Waals surface area contributed by atoms with Gasteiger partial charge in [-0.05, 0) is 56.0 Å². The maximum absolute atomic E-state index is 14.7. The Bertz CT molecular complexity index is 1070. The van der Waals surface area contributed by atoms with Crippen molar-refractivity contribution in [3.63, 3.8) is 0 Å². The summed E-state index contributed by atoms with van der Waals surface area (Å²) < 4.78 is 14.7. The number of piperidine rings is 1. The van der Waals surface area contributed by atoms with Gasteiger partial charge in [0.2, 0.25) is 0 Å². The van der Waals surface area contributed by atoms with Crippen LogP contribution in [0, 0.1) is 18.7 Å². The molecule has 1 aliphatic heterocycles. The molecule has 1 saturated carbocycles. The highest BCUT2D eigenvalue weighted by Gasteiger charge is 2.47. The summed E-state index contributed by atoms with van der Waals surface area (Å²) in [7, 11) is 0. The van der Waals surface area contributed by atoms with Crippen LogP contribution in [0.4, 0.5) is 10.1 Å². The van der Waals surface area contributed by atoms with E-state index in [1.807, 2.05) is 4.90 Å². The third-order valence-corrected chi connectivity index (χ3v) is 6.18. The molecule has 1 aliphatic carbocycles. The third-order valence-electron chi connectivity index (χ3n) is 6.18. The molecule has 0 spiro atoms. The highest BCUT2D eigenvalue weighted by molar-refractivity contribution is 6.00. The minimum Gasteiger partial charge on any atom is -0.380 e. The number of halogens is 1. The van der Waals surface area contributed by atoms with E-state index in [9.17, 15) is 9.18 Å². The average molecular weight is 402 g/mol. The Morgan fingerprint density at radius 1 is 1.07 bits per heavy atom. The SMILES string of the molecule is Cc1ccc(NC2C[C@H]3CC2N(C(=O)c2cccc(F)c2-c2ncccn2)C3)cc1. The van der Waals surface area contributed by atoms with E-state index in [4.69, 9.17) is 0 Å². The van der Waals surface area contributed by atoms with Crippen molar-refractivity contribution in [2.75, 3.05) is 11.9 Å². The zero-order chi connectivity index (χ0) is 20.7. The summed E-state index contributed by atoms with van der Waals surface area (Å²) in [6.07, 6.45) is 5.13. The maximum Gasteiger partial charge on any atom is 0.255 e. The Labute approximate surface area is 175 Å². The number of hydrogen-bond donors (Lipinski definition) is 1. The average Bonchev–Trinajstić information content (AvgIpc) is 3.36. The minimum absolute atomic E-state index is 0.0941. The Hall–Kier alpha value is -3.28. The molecule has 3 aromatic rings. The quantitative estimate of drug-likeness (QED) is 0.707. The second-order valence-corrected chi connectivity index (χ2v) is 8.21. The fourth-order valence-electron chi connectivity index (χ4n) is 4.79. The summed E-state index contributed by atoms with van der Waals surface area (Å²) in [6, 6.07) is 14.9. The highest BCUT2D eigenvalue weighted by Crippen LogP contribution is 2.40. The van der Waals surface area contributed by atoms with Crippen LogP contribution in [0.25, 0.3) is 11.4 Å². The predicted molar refractivity (Wildman–Crippen MR) is 114 cm³/mol. The van der Waals surface area contributed by atoms with Gasteiger partial charge < -0.3 is 10.2 Å². The number of aromatic nitrogens is 2. The van der Waals surface area contributed by atoms with Gasteiger partial charge in [-0.15, -0.1) is 0 Å². The fourth-order valence-corrected chi connectivity index (χ4v) is 4.79. The summed E-state index contributed by atoms with van der Waals surface area (Å²) >= 11 is 0. The lowest BCUT2D eigenvalue weighted by Gasteiger charge is -2.34. The molecular formula is C24H23FN4O. The standard InChI is InChI=1S/C24H23FN4O/c1-15-6-8-17(9-7-15)28-20-12-16-13-21(20)29(14-16)24(30)18-4-2-5-19(25)22(18)23-26-10-3-11-27-23/h2-11,16,20-21,28H,12-14H2,1H3/t16-,20?,21?/m0/s1. The molecular weight excluding hydrogens is 379 g/mol. The number of hydrogen-bond acceptors (Lipinski definition) is 4. The zero-order valence-corrected chi connectivity index (χ0v) is 16.8. The van der Waals surface area contributed by atoms with Gasteiger partial charge in [-0.25, -0.2) is 14.4 Å². The highest BCUT2D eigenvalue weighted by atomic mass is 19.1. The number of fused-ring (bicyclic) bond motifs is 2. The monoisotopic (exact) mass is 402 g/mol. The Balaban J connectivity index is 1.42. The van der Waals surface area contributed by atoms with Crippen molar-refractivity contribution in [2.24, 2.45) is 5.92 Å². The minimum atomic E-state index is -0.481. The van der Waals surface area contributed by atoms with Gasteiger partial charge in [0.05, 0.1) is 17.2 Å². The van der Waals surface area contributed by atoms with E-state index < -0.39 is 5.82 Å². The number of nitrogens with one attached hydrogen (secondary N) is 1. The van der Waals surface area contributed by atoms with E-state index in [1.54, 1.807) is 30.6 Å². The van der Waals surface area contributed by atoms with Gasteiger partial charge in [0, 0.05) is 30.7 Å². The van der Waals surface area contributed by atoms with E-state index in [1.165, 1.54) is 11.6 Å². The van der Waals surface area contributed by atoms with Crippen molar-refractivity contribution >= 4 is 11.6 Å². The van der Waals surface area contributed by atoms with E-state index in [0.717, 1.165) is 18.5 Å². The normalized spacial score (nSPS) is 22.3. The van der Waals surface area contributed by atoms with Gasteiger partial charge in [-0.2, -0.15) is 0 Å². The molecule has 0 radical (unpaired) electrons. The molecule has 3 atom stereocenters. The topological polar surface area (TPSA) is 58.1 Å². The first-order valence-electron chi connectivity index (χ1n) is 10.3. The molecule has 1 saturated heterocycles. The summed E-state index contributed by atoms with van der Waals surface area (Å²) in [6.45, 7) is 2.77. The van der Waals surface area contributed by atoms with Crippen LogP contribution in [0.1, 0.15) is 28.8 Å². The first kappa shape index (κ1) is 18.7. The first-order valence-corrected chi connectivity index (χ1v) is 10.3. The Morgan fingerprint density at radius 3 is 2.57 bits per heavy atom. The van der Waals surface area contributed by atoms with E-state index in [0.29, 0.717) is 18.0 Å². The van der Waals surface area contributed by atoms with Gasteiger partial charge in [0.15, 0.2) is 5.82 Å². The van der Waals surface area contributed by atoms with Crippen LogP contribution in [-0.2, 0) is 0 Å². The number of carbonyl (C=O) groups is 1. The molecule has 30 heavy (non-hydrogen) atoms. The number of rotatable bonds is 4. The third kappa shape index (κ3) is 3.32. The van der Waals surface area contributed by atoms with E-state index in [2.05, 4.69) is 46.5 Å². The molecule has 5 nitrogen and oxygen atoms in total.